The Bertz CT molecular complexity index is 164. The molecular formula is C7H13N3. The number of hydrogen-bond acceptors (Lipinski definition) is 3. The average molecular weight is 139 g/mol. The molecule has 0 aromatic heterocycles. The van der Waals surface area contributed by atoms with Crippen LogP contribution in [-0.4, -0.2) is 13.1 Å². The molecule has 0 aromatic carbocycles. The first-order valence-electron chi connectivity index (χ1n) is 3.24. The molecule has 56 valence electrons. The van der Waals surface area contributed by atoms with Gasteiger partial charge in [0.05, 0.1) is 6.07 Å². The zero-order chi connectivity index (χ0) is 7.98. The van der Waals surface area contributed by atoms with Crippen molar-refractivity contribution in [2.75, 3.05) is 13.1 Å². The van der Waals surface area contributed by atoms with Crippen molar-refractivity contribution in [3.05, 3.63) is 11.3 Å². The second kappa shape index (κ2) is 4.83. The van der Waals surface area contributed by atoms with E-state index in [9.17, 15) is 0 Å². The van der Waals surface area contributed by atoms with E-state index in [0.717, 1.165) is 12.2 Å². The molecule has 0 radical (unpaired) electrons. The maximum absolute atomic E-state index is 8.43. The summed E-state index contributed by atoms with van der Waals surface area (Å²) in [5.74, 6) is 0. The second-order valence-electron chi connectivity index (χ2n) is 2.08. The lowest BCUT2D eigenvalue weighted by atomic mass is 10.3. The monoisotopic (exact) mass is 139 g/mol. The fraction of sp³-hybridized carbons (Fsp3) is 0.571. The lowest BCUT2D eigenvalue weighted by molar-refractivity contribution is 0.791. The predicted molar refractivity (Wildman–Crippen MR) is 41.0 cm³/mol. The largest absolute Gasteiger partial charge is 0.387 e. The van der Waals surface area contributed by atoms with Crippen LogP contribution in [0, 0.1) is 11.3 Å². The van der Waals surface area contributed by atoms with Crippen molar-refractivity contribution in [1.29, 1.82) is 5.26 Å². The highest BCUT2D eigenvalue weighted by atomic mass is 14.9. The maximum Gasteiger partial charge on any atom is 0.0962 e. The first-order valence-corrected chi connectivity index (χ1v) is 3.24. The van der Waals surface area contributed by atoms with Gasteiger partial charge in [0.1, 0.15) is 0 Å². The Morgan fingerprint density at radius 2 is 2.20 bits per heavy atom. The fourth-order valence-electron chi connectivity index (χ4n) is 0.476. The van der Waals surface area contributed by atoms with Crippen molar-refractivity contribution < 1.29 is 0 Å². The minimum atomic E-state index is 0.593. The van der Waals surface area contributed by atoms with Crippen LogP contribution in [0.25, 0.3) is 0 Å². The van der Waals surface area contributed by atoms with Crippen molar-refractivity contribution >= 4 is 0 Å². The predicted octanol–water partition coefficient (Wildman–Crippen LogP) is 0.352. The van der Waals surface area contributed by atoms with Gasteiger partial charge in [-0.3, -0.25) is 0 Å². The molecule has 10 heavy (non-hydrogen) atoms. The molecule has 0 aliphatic carbocycles. The SMILES string of the molecule is C/C(C#N)=C(\C)NCCN. The van der Waals surface area contributed by atoms with Crippen molar-refractivity contribution in [2.45, 2.75) is 13.8 Å². The van der Waals surface area contributed by atoms with E-state index in [1.54, 1.807) is 6.92 Å². The number of nitrogens with one attached hydrogen (secondary N) is 1. The summed E-state index contributed by atoms with van der Waals surface area (Å²) in [6, 6.07) is 2.05. The first-order chi connectivity index (χ1) is 4.72. The number of nitrogens with zero attached hydrogens (tertiary/aromatic N) is 1. The fourth-order valence-corrected chi connectivity index (χ4v) is 0.476. The molecule has 0 spiro atoms. The van der Waals surface area contributed by atoms with E-state index in [1.165, 1.54) is 0 Å². The van der Waals surface area contributed by atoms with Gasteiger partial charge < -0.3 is 11.1 Å². The Kier molecular flexibility index (Phi) is 4.34. The number of nitriles is 1. The van der Waals surface area contributed by atoms with Crippen molar-refractivity contribution in [2.24, 2.45) is 5.73 Å². The van der Waals surface area contributed by atoms with Crippen LogP contribution < -0.4 is 11.1 Å². The second-order valence-corrected chi connectivity index (χ2v) is 2.08. The van der Waals surface area contributed by atoms with Gasteiger partial charge in [-0.15, -0.1) is 0 Å². The maximum atomic E-state index is 8.43. The molecule has 0 aromatic rings. The van der Waals surface area contributed by atoms with Crippen molar-refractivity contribution in [1.82, 2.24) is 5.32 Å². The molecular weight excluding hydrogens is 126 g/mol. The van der Waals surface area contributed by atoms with Gasteiger partial charge in [-0.1, -0.05) is 0 Å². The van der Waals surface area contributed by atoms with Gasteiger partial charge in [0.15, 0.2) is 0 Å². The summed E-state index contributed by atoms with van der Waals surface area (Å²) in [5, 5.41) is 11.4. The van der Waals surface area contributed by atoms with Gasteiger partial charge in [-0.25, -0.2) is 0 Å². The van der Waals surface area contributed by atoms with Crippen LogP contribution in [0.1, 0.15) is 13.8 Å². The van der Waals surface area contributed by atoms with Gasteiger partial charge in [-0.2, -0.15) is 5.26 Å². The highest BCUT2D eigenvalue weighted by molar-refractivity contribution is 5.22. The van der Waals surface area contributed by atoms with Crippen LogP contribution in [0.3, 0.4) is 0 Å². The molecule has 3 N–H and O–H groups in total. The molecule has 3 nitrogen and oxygen atoms in total. The first kappa shape index (κ1) is 8.99. The van der Waals surface area contributed by atoms with Gasteiger partial charge >= 0.3 is 0 Å². The normalized spacial score (nSPS) is 11.8. The Morgan fingerprint density at radius 3 is 2.60 bits per heavy atom. The molecule has 0 saturated carbocycles. The summed E-state index contributed by atoms with van der Waals surface area (Å²) in [5.41, 5.74) is 6.88. The molecule has 0 atom stereocenters. The van der Waals surface area contributed by atoms with Crippen LogP contribution in [0.2, 0.25) is 0 Å². The highest BCUT2D eigenvalue weighted by Crippen LogP contribution is 1.95. The number of nitrogens with two attached hydrogens (primary N) is 1. The third kappa shape index (κ3) is 3.10. The summed E-state index contributed by atoms with van der Waals surface area (Å²) in [4.78, 5) is 0. The zero-order valence-corrected chi connectivity index (χ0v) is 6.44. The molecule has 0 aliphatic heterocycles. The Hall–Kier alpha value is -1.01. The minimum Gasteiger partial charge on any atom is -0.387 e. The number of rotatable bonds is 3. The van der Waals surface area contributed by atoms with E-state index in [0.29, 0.717) is 12.1 Å². The van der Waals surface area contributed by atoms with Crippen LogP contribution in [0.15, 0.2) is 11.3 Å². The Labute approximate surface area is 61.5 Å². The topological polar surface area (TPSA) is 61.8 Å². The van der Waals surface area contributed by atoms with E-state index >= 15 is 0 Å². The summed E-state index contributed by atoms with van der Waals surface area (Å²) < 4.78 is 0. The van der Waals surface area contributed by atoms with Crippen LogP contribution in [0.5, 0.6) is 0 Å². The molecule has 3 heteroatoms. The van der Waals surface area contributed by atoms with Gasteiger partial charge in [0.25, 0.3) is 0 Å². The quantitative estimate of drug-likeness (QED) is 0.555. The molecule has 0 saturated heterocycles. The Morgan fingerprint density at radius 1 is 1.60 bits per heavy atom. The van der Waals surface area contributed by atoms with Gasteiger partial charge in [-0.05, 0) is 13.8 Å². The van der Waals surface area contributed by atoms with Crippen LogP contribution in [0.4, 0.5) is 0 Å². The third-order valence-corrected chi connectivity index (χ3v) is 1.26. The minimum absolute atomic E-state index is 0.593. The number of allylic oxidation sites excluding steroid dienone is 2. The van der Waals surface area contributed by atoms with E-state index < -0.39 is 0 Å². The lowest BCUT2D eigenvalue weighted by Crippen LogP contribution is -2.21. The molecule has 0 amide bonds. The molecule has 0 heterocycles. The Balaban J connectivity index is 3.83. The van der Waals surface area contributed by atoms with Gasteiger partial charge in [0, 0.05) is 24.4 Å². The number of hydrogen-bond donors (Lipinski definition) is 2. The van der Waals surface area contributed by atoms with E-state index in [1.807, 2.05) is 13.0 Å². The molecule has 0 aliphatic rings. The third-order valence-electron chi connectivity index (χ3n) is 1.26. The molecule has 0 bridgehead atoms. The summed E-state index contributed by atoms with van der Waals surface area (Å²) in [7, 11) is 0. The summed E-state index contributed by atoms with van der Waals surface area (Å²) >= 11 is 0. The standard InChI is InChI=1S/C7H13N3/c1-6(5-9)7(2)10-4-3-8/h10H,3-4,8H2,1-2H3/b7-6-. The zero-order valence-electron chi connectivity index (χ0n) is 6.44. The van der Waals surface area contributed by atoms with Gasteiger partial charge in [0.2, 0.25) is 0 Å². The van der Waals surface area contributed by atoms with Crippen LogP contribution in [-0.2, 0) is 0 Å². The highest BCUT2D eigenvalue weighted by Gasteiger charge is 1.91. The van der Waals surface area contributed by atoms with E-state index in [2.05, 4.69) is 5.32 Å². The van der Waals surface area contributed by atoms with E-state index in [-0.39, 0.29) is 0 Å². The van der Waals surface area contributed by atoms with E-state index in [4.69, 9.17) is 11.0 Å². The smallest absolute Gasteiger partial charge is 0.0962 e. The lowest BCUT2D eigenvalue weighted by Gasteiger charge is -2.03. The average Bonchev–Trinajstić information content (AvgIpc) is 1.98. The van der Waals surface area contributed by atoms with Crippen molar-refractivity contribution in [3.63, 3.8) is 0 Å². The van der Waals surface area contributed by atoms with Crippen molar-refractivity contribution in [3.8, 4) is 6.07 Å². The molecule has 0 fully saturated rings. The molecule has 0 unspecified atom stereocenters. The van der Waals surface area contributed by atoms with Crippen LogP contribution >= 0.6 is 0 Å². The molecule has 0 rings (SSSR count). The summed E-state index contributed by atoms with van der Waals surface area (Å²) in [6.07, 6.45) is 0. The summed E-state index contributed by atoms with van der Waals surface area (Å²) in [6.45, 7) is 4.97.